The number of hydrogen-bond donors (Lipinski definition) is 2. The summed E-state index contributed by atoms with van der Waals surface area (Å²) in [6, 6.07) is 3.04. The summed E-state index contributed by atoms with van der Waals surface area (Å²) >= 11 is 3.48. The predicted octanol–water partition coefficient (Wildman–Crippen LogP) is 4.18. The van der Waals surface area contributed by atoms with Gasteiger partial charge < -0.3 is 15.4 Å². The highest BCUT2D eigenvalue weighted by molar-refractivity contribution is 8.02. The summed E-state index contributed by atoms with van der Waals surface area (Å²) < 4.78 is 7.27. The third-order valence-corrected chi connectivity index (χ3v) is 8.50. The van der Waals surface area contributed by atoms with E-state index in [0.29, 0.717) is 29.4 Å². The summed E-state index contributed by atoms with van der Waals surface area (Å²) in [5.74, 6) is 0.650. The molecule has 1 aromatic rings. The molecule has 0 bridgehead atoms. The Morgan fingerprint density at radius 2 is 2.25 bits per heavy atom. The molecule has 0 unspecified atom stereocenters. The number of amides is 1. The lowest BCUT2D eigenvalue weighted by Gasteiger charge is -2.55. The maximum atomic E-state index is 11.5. The number of hydrogen-bond acceptors (Lipinski definition) is 5. The van der Waals surface area contributed by atoms with Crippen molar-refractivity contribution in [1.82, 2.24) is 5.32 Å². The molecule has 6 heteroatoms. The van der Waals surface area contributed by atoms with Gasteiger partial charge in [-0.05, 0) is 39.2 Å². The molecule has 24 heavy (non-hydrogen) atoms. The van der Waals surface area contributed by atoms with Gasteiger partial charge in [0.1, 0.15) is 0 Å². The smallest absolute Gasteiger partial charge is 0.234 e. The minimum atomic E-state index is 0.112. The van der Waals surface area contributed by atoms with E-state index < -0.39 is 0 Å². The third-order valence-electron chi connectivity index (χ3n) is 5.89. The number of fused-ring (bicyclic) bond motifs is 1. The number of thiophene rings is 1. The summed E-state index contributed by atoms with van der Waals surface area (Å²) in [5.41, 5.74) is 1.37. The highest BCUT2D eigenvalue weighted by Crippen LogP contribution is 2.55. The zero-order chi connectivity index (χ0) is 16.7. The number of ether oxygens (including phenoxy) is 1. The van der Waals surface area contributed by atoms with Crippen LogP contribution in [0.25, 0.3) is 0 Å². The van der Waals surface area contributed by atoms with Gasteiger partial charge in [-0.25, -0.2) is 0 Å². The van der Waals surface area contributed by atoms with Gasteiger partial charge in [0, 0.05) is 29.0 Å². The molecule has 3 atom stereocenters. The zero-order valence-corrected chi connectivity index (χ0v) is 16.0. The highest BCUT2D eigenvalue weighted by Gasteiger charge is 2.56. The Kier molecular flexibility index (Phi) is 4.67. The average Bonchev–Trinajstić information content (AvgIpc) is 3.21. The number of carbonyl (C=O) groups excluding carboxylic acids is 1. The second-order valence-electron chi connectivity index (χ2n) is 7.25. The fourth-order valence-corrected chi connectivity index (χ4v) is 6.78. The van der Waals surface area contributed by atoms with Crippen molar-refractivity contribution in [1.29, 1.82) is 0 Å². The molecule has 3 aliphatic rings. The summed E-state index contributed by atoms with van der Waals surface area (Å²) in [5, 5.41) is 6.87. The van der Waals surface area contributed by atoms with Crippen LogP contribution in [0.4, 0.5) is 5.69 Å². The van der Waals surface area contributed by atoms with Crippen LogP contribution in [-0.4, -0.2) is 30.4 Å². The molecule has 1 amide bonds. The van der Waals surface area contributed by atoms with Crippen LogP contribution in [0.15, 0.2) is 10.3 Å². The Morgan fingerprint density at radius 1 is 1.46 bits per heavy atom. The first-order valence-corrected chi connectivity index (χ1v) is 10.9. The number of nitrogens with one attached hydrogen (secondary N) is 2. The van der Waals surface area contributed by atoms with E-state index in [1.165, 1.54) is 34.8 Å². The van der Waals surface area contributed by atoms with E-state index in [4.69, 9.17) is 4.74 Å². The maximum absolute atomic E-state index is 11.5. The molecule has 2 N–H and O–H groups in total. The van der Waals surface area contributed by atoms with E-state index in [1.807, 2.05) is 11.3 Å². The SMILES string of the molecule is CCO[C@@H]1C[C@H](N[C@@H](C)c2cc3c(s2)SCC(=O)N3)C12CCCC2. The Morgan fingerprint density at radius 3 is 3.00 bits per heavy atom. The van der Waals surface area contributed by atoms with Gasteiger partial charge in [0.15, 0.2) is 0 Å². The standard InChI is InChI=1S/C18H26N2O2S2/c1-3-22-15-9-14(18(15)6-4-5-7-18)19-11(2)13-8-12-17(24-13)23-10-16(21)20-12/h8,11,14-15,19H,3-7,9-10H2,1-2H3,(H,20,21)/t11-,14-,15+/m0/s1. The first-order chi connectivity index (χ1) is 11.6. The van der Waals surface area contributed by atoms with Crippen molar-refractivity contribution < 1.29 is 9.53 Å². The quantitative estimate of drug-likeness (QED) is 0.821. The van der Waals surface area contributed by atoms with Gasteiger partial charge in [-0.15, -0.1) is 23.1 Å². The third kappa shape index (κ3) is 2.81. The molecule has 2 aliphatic carbocycles. The lowest BCUT2D eigenvalue weighted by Crippen LogP contribution is -2.62. The highest BCUT2D eigenvalue weighted by atomic mass is 32.2. The molecule has 2 fully saturated rings. The molecule has 0 radical (unpaired) electrons. The molecule has 2 saturated carbocycles. The van der Waals surface area contributed by atoms with Crippen LogP contribution in [0.2, 0.25) is 0 Å². The molecule has 4 nitrogen and oxygen atoms in total. The van der Waals surface area contributed by atoms with Gasteiger partial charge >= 0.3 is 0 Å². The maximum Gasteiger partial charge on any atom is 0.234 e. The van der Waals surface area contributed by atoms with E-state index in [9.17, 15) is 4.79 Å². The molecular formula is C18H26N2O2S2. The van der Waals surface area contributed by atoms with Crippen LogP contribution in [0, 0.1) is 5.41 Å². The summed E-state index contributed by atoms with van der Waals surface area (Å²) in [7, 11) is 0. The van der Waals surface area contributed by atoms with Crippen molar-refractivity contribution in [2.45, 2.75) is 68.3 Å². The Bertz CT molecular complexity index is 625. The van der Waals surface area contributed by atoms with Crippen LogP contribution in [0.1, 0.15) is 56.9 Å². The molecule has 1 spiro atoms. The van der Waals surface area contributed by atoms with Crippen LogP contribution in [0.5, 0.6) is 0 Å². The topological polar surface area (TPSA) is 50.4 Å². The van der Waals surface area contributed by atoms with Crippen LogP contribution < -0.4 is 10.6 Å². The largest absolute Gasteiger partial charge is 0.378 e. The Hall–Kier alpha value is -0.560. The van der Waals surface area contributed by atoms with Gasteiger partial charge in [0.25, 0.3) is 0 Å². The lowest BCUT2D eigenvalue weighted by atomic mass is 9.60. The van der Waals surface area contributed by atoms with Gasteiger partial charge in [-0.3, -0.25) is 4.79 Å². The summed E-state index contributed by atoms with van der Waals surface area (Å²) in [4.78, 5) is 12.9. The van der Waals surface area contributed by atoms with Crippen LogP contribution in [0.3, 0.4) is 0 Å². The van der Waals surface area contributed by atoms with Crippen molar-refractivity contribution >= 4 is 34.7 Å². The van der Waals surface area contributed by atoms with Crippen LogP contribution >= 0.6 is 23.1 Å². The first kappa shape index (κ1) is 16.9. The number of carbonyl (C=O) groups is 1. The minimum Gasteiger partial charge on any atom is -0.378 e. The molecule has 1 aromatic heterocycles. The number of thioether (sulfide) groups is 1. The van der Waals surface area contributed by atoms with Crippen molar-refractivity contribution in [3.63, 3.8) is 0 Å². The van der Waals surface area contributed by atoms with E-state index in [-0.39, 0.29) is 5.91 Å². The van der Waals surface area contributed by atoms with E-state index in [2.05, 4.69) is 30.5 Å². The van der Waals surface area contributed by atoms with Gasteiger partial charge in [-0.2, -0.15) is 0 Å². The van der Waals surface area contributed by atoms with Gasteiger partial charge in [0.2, 0.25) is 5.91 Å². The first-order valence-electron chi connectivity index (χ1n) is 9.06. The second-order valence-corrected chi connectivity index (χ2v) is 9.58. The van der Waals surface area contributed by atoms with Crippen LogP contribution in [-0.2, 0) is 9.53 Å². The van der Waals surface area contributed by atoms with E-state index in [1.54, 1.807) is 11.8 Å². The molecule has 4 rings (SSSR count). The fourth-order valence-electron chi connectivity index (χ4n) is 4.62. The molecular weight excluding hydrogens is 340 g/mol. The Balaban J connectivity index is 1.45. The van der Waals surface area contributed by atoms with Crippen molar-refractivity contribution in [2.75, 3.05) is 17.7 Å². The van der Waals surface area contributed by atoms with Crippen molar-refractivity contribution in [3.8, 4) is 0 Å². The van der Waals surface area contributed by atoms with Gasteiger partial charge in [-0.1, -0.05) is 12.8 Å². The van der Waals surface area contributed by atoms with Crippen molar-refractivity contribution in [3.05, 3.63) is 10.9 Å². The second kappa shape index (κ2) is 6.63. The zero-order valence-electron chi connectivity index (χ0n) is 14.4. The number of rotatable bonds is 5. The van der Waals surface area contributed by atoms with Gasteiger partial charge in [0.05, 0.1) is 21.8 Å². The average molecular weight is 367 g/mol. The Labute approximate surface area is 152 Å². The summed E-state index contributed by atoms with van der Waals surface area (Å²) in [6.45, 7) is 5.18. The molecule has 0 saturated heterocycles. The number of anilines is 1. The van der Waals surface area contributed by atoms with E-state index in [0.717, 1.165) is 18.7 Å². The monoisotopic (exact) mass is 366 g/mol. The molecule has 132 valence electrons. The normalized spacial score (nSPS) is 29.2. The summed E-state index contributed by atoms with van der Waals surface area (Å²) in [6.07, 6.45) is 6.86. The molecule has 0 aromatic carbocycles. The molecule has 2 heterocycles. The minimum absolute atomic E-state index is 0.112. The van der Waals surface area contributed by atoms with Crippen molar-refractivity contribution in [2.24, 2.45) is 5.41 Å². The predicted molar refractivity (Wildman–Crippen MR) is 99.9 cm³/mol. The lowest BCUT2D eigenvalue weighted by molar-refractivity contribution is -0.132. The molecule has 1 aliphatic heterocycles. The van der Waals surface area contributed by atoms with E-state index >= 15 is 0 Å². The fraction of sp³-hybridized carbons (Fsp3) is 0.722.